The fourth-order valence-corrected chi connectivity index (χ4v) is 3.50. The Morgan fingerprint density at radius 3 is 2.90 bits per heavy atom. The second-order valence-electron chi connectivity index (χ2n) is 5.34. The summed E-state index contributed by atoms with van der Waals surface area (Å²) in [4.78, 5) is 0.184. The van der Waals surface area contributed by atoms with Crippen LogP contribution in [0, 0.1) is 0 Å². The number of nitrogens with one attached hydrogen (secondary N) is 1. The molecule has 1 heterocycles. The van der Waals surface area contributed by atoms with Crippen LogP contribution in [-0.2, 0) is 14.8 Å². The van der Waals surface area contributed by atoms with E-state index in [1.807, 2.05) is 6.92 Å². The molecule has 5 nitrogen and oxygen atoms in total. The van der Waals surface area contributed by atoms with E-state index in [9.17, 15) is 13.5 Å². The third-order valence-corrected chi connectivity index (χ3v) is 5.14. The van der Waals surface area contributed by atoms with Crippen LogP contribution in [0.2, 0.25) is 0 Å². The van der Waals surface area contributed by atoms with Gasteiger partial charge < -0.3 is 9.84 Å². The van der Waals surface area contributed by atoms with E-state index in [4.69, 9.17) is 4.74 Å². The molecular formula is C15H23NO4S. The minimum atomic E-state index is -3.57. The van der Waals surface area contributed by atoms with Gasteiger partial charge in [0.25, 0.3) is 0 Å². The number of aliphatic hydroxyl groups is 1. The Morgan fingerprint density at radius 1 is 1.43 bits per heavy atom. The van der Waals surface area contributed by atoms with Crippen molar-refractivity contribution in [2.75, 3.05) is 13.2 Å². The van der Waals surface area contributed by atoms with E-state index in [1.165, 1.54) is 12.1 Å². The normalized spacial score (nSPS) is 21.1. The van der Waals surface area contributed by atoms with Crippen LogP contribution in [0.25, 0.3) is 0 Å². The van der Waals surface area contributed by atoms with Gasteiger partial charge in [-0.25, -0.2) is 13.1 Å². The number of benzene rings is 1. The van der Waals surface area contributed by atoms with Crippen LogP contribution in [0.15, 0.2) is 29.2 Å². The maximum Gasteiger partial charge on any atom is 0.240 e. The Hall–Kier alpha value is -0.950. The van der Waals surface area contributed by atoms with E-state index in [2.05, 4.69) is 4.72 Å². The topological polar surface area (TPSA) is 75.6 Å². The molecule has 0 aromatic heterocycles. The van der Waals surface area contributed by atoms with Gasteiger partial charge in [-0.2, -0.15) is 0 Å². The highest BCUT2D eigenvalue weighted by molar-refractivity contribution is 7.89. The largest absolute Gasteiger partial charge is 0.388 e. The van der Waals surface area contributed by atoms with Gasteiger partial charge in [0.1, 0.15) is 0 Å². The molecule has 1 aromatic rings. The van der Waals surface area contributed by atoms with Crippen LogP contribution in [0.5, 0.6) is 0 Å². The molecule has 1 fully saturated rings. The lowest BCUT2D eigenvalue weighted by molar-refractivity contribution is 0.0200. The molecule has 0 radical (unpaired) electrons. The summed E-state index contributed by atoms with van der Waals surface area (Å²) in [5.41, 5.74) is 0.620. The summed E-state index contributed by atoms with van der Waals surface area (Å²) in [6.45, 7) is 2.85. The molecule has 1 aromatic carbocycles. The third kappa shape index (κ3) is 4.51. The van der Waals surface area contributed by atoms with Crippen molar-refractivity contribution in [2.45, 2.75) is 49.7 Å². The van der Waals surface area contributed by atoms with E-state index in [1.54, 1.807) is 12.1 Å². The standard InChI is InChI=1S/C15H23NO4S/c1-2-15(17)12-6-5-8-14(10-12)21(18,19)16-11-13-7-3-4-9-20-13/h5-6,8,10,13,15-17H,2-4,7,9,11H2,1H3. The van der Waals surface area contributed by atoms with Crippen LogP contribution in [0.1, 0.15) is 44.3 Å². The van der Waals surface area contributed by atoms with Gasteiger partial charge in [0.15, 0.2) is 0 Å². The van der Waals surface area contributed by atoms with Crippen molar-refractivity contribution in [2.24, 2.45) is 0 Å². The molecule has 118 valence electrons. The molecule has 2 rings (SSSR count). The summed E-state index contributed by atoms with van der Waals surface area (Å²) >= 11 is 0. The van der Waals surface area contributed by atoms with E-state index in [-0.39, 0.29) is 11.0 Å². The fraction of sp³-hybridized carbons (Fsp3) is 0.600. The van der Waals surface area contributed by atoms with Crippen molar-refractivity contribution in [1.29, 1.82) is 0 Å². The second kappa shape index (κ2) is 7.35. The number of hydrogen-bond acceptors (Lipinski definition) is 4. The third-order valence-electron chi connectivity index (χ3n) is 3.71. The molecule has 1 aliphatic heterocycles. The molecule has 2 N–H and O–H groups in total. The molecule has 2 atom stereocenters. The molecular weight excluding hydrogens is 290 g/mol. The molecule has 1 aliphatic rings. The van der Waals surface area contributed by atoms with Gasteiger partial charge in [0, 0.05) is 13.2 Å². The first-order valence-electron chi connectivity index (χ1n) is 7.42. The average molecular weight is 313 g/mol. The molecule has 6 heteroatoms. The van der Waals surface area contributed by atoms with Crippen molar-refractivity contribution in [3.63, 3.8) is 0 Å². The van der Waals surface area contributed by atoms with E-state index < -0.39 is 16.1 Å². The molecule has 0 amide bonds. The minimum absolute atomic E-state index is 0.0436. The molecule has 0 bridgehead atoms. The molecule has 1 saturated heterocycles. The van der Waals surface area contributed by atoms with E-state index in [0.29, 0.717) is 25.1 Å². The van der Waals surface area contributed by atoms with E-state index in [0.717, 1.165) is 19.3 Å². The first-order valence-corrected chi connectivity index (χ1v) is 8.90. The lowest BCUT2D eigenvalue weighted by Gasteiger charge is -2.22. The zero-order valence-corrected chi connectivity index (χ0v) is 13.1. The van der Waals surface area contributed by atoms with Crippen LogP contribution >= 0.6 is 0 Å². The van der Waals surface area contributed by atoms with Crippen molar-refractivity contribution in [3.8, 4) is 0 Å². The highest BCUT2D eigenvalue weighted by Gasteiger charge is 2.20. The number of rotatable bonds is 6. The average Bonchev–Trinajstić information content (AvgIpc) is 2.53. The van der Waals surface area contributed by atoms with Gasteiger partial charge in [-0.3, -0.25) is 0 Å². The Morgan fingerprint density at radius 2 is 2.24 bits per heavy atom. The van der Waals surface area contributed by atoms with Crippen molar-refractivity contribution in [3.05, 3.63) is 29.8 Å². The first kappa shape index (κ1) is 16.4. The number of sulfonamides is 1. The highest BCUT2D eigenvalue weighted by Crippen LogP contribution is 2.20. The Kier molecular flexibility index (Phi) is 5.75. The Balaban J connectivity index is 2.04. The SMILES string of the molecule is CCC(O)c1cccc(S(=O)(=O)NCC2CCCCO2)c1. The first-order chi connectivity index (χ1) is 10.0. The molecule has 0 aliphatic carbocycles. The van der Waals surface area contributed by atoms with Gasteiger partial charge in [-0.05, 0) is 43.4 Å². The van der Waals surface area contributed by atoms with E-state index >= 15 is 0 Å². The number of ether oxygens (including phenoxy) is 1. The molecule has 0 saturated carbocycles. The predicted molar refractivity (Wildman–Crippen MR) is 80.5 cm³/mol. The zero-order valence-electron chi connectivity index (χ0n) is 12.3. The Bertz CT molecular complexity index is 553. The van der Waals surface area contributed by atoms with Crippen LogP contribution < -0.4 is 4.72 Å². The van der Waals surface area contributed by atoms with Crippen LogP contribution in [-0.4, -0.2) is 32.8 Å². The van der Waals surface area contributed by atoms with Gasteiger partial charge in [0.2, 0.25) is 10.0 Å². The molecule has 2 unspecified atom stereocenters. The summed E-state index contributed by atoms with van der Waals surface area (Å²) in [5.74, 6) is 0. The smallest absolute Gasteiger partial charge is 0.240 e. The van der Waals surface area contributed by atoms with Gasteiger partial charge in [-0.15, -0.1) is 0 Å². The number of aliphatic hydroxyl groups excluding tert-OH is 1. The Labute approximate surface area is 126 Å². The van der Waals surface area contributed by atoms with Crippen LogP contribution in [0.4, 0.5) is 0 Å². The maximum atomic E-state index is 12.3. The van der Waals surface area contributed by atoms with Gasteiger partial charge in [-0.1, -0.05) is 19.1 Å². The van der Waals surface area contributed by atoms with Crippen molar-refractivity contribution in [1.82, 2.24) is 4.72 Å². The summed E-state index contributed by atoms with van der Waals surface area (Å²) in [6.07, 6.45) is 2.87. The lowest BCUT2D eigenvalue weighted by atomic mass is 10.1. The summed E-state index contributed by atoms with van der Waals surface area (Å²) in [5, 5.41) is 9.82. The maximum absolute atomic E-state index is 12.3. The quantitative estimate of drug-likeness (QED) is 0.842. The van der Waals surface area contributed by atoms with Gasteiger partial charge in [0.05, 0.1) is 17.1 Å². The lowest BCUT2D eigenvalue weighted by Crippen LogP contribution is -2.35. The number of hydrogen-bond donors (Lipinski definition) is 2. The summed E-state index contributed by atoms with van der Waals surface area (Å²) in [6, 6.07) is 6.45. The predicted octanol–water partition coefficient (Wildman–Crippen LogP) is 1.98. The summed E-state index contributed by atoms with van der Waals surface area (Å²) in [7, 11) is -3.57. The van der Waals surface area contributed by atoms with Crippen LogP contribution in [0.3, 0.4) is 0 Å². The van der Waals surface area contributed by atoms with Gasteiger partial charge >= 0.3 is 0 Å². The van der Waals surface area contributed by atoms with Crippen molar-refractivity contribution < 1.29 is 18.3 Å². The highest BCUT2D eigenvalue weighted by atomic mass is 32.2. The monoisotopic (exact) mass is 313 g/mol. The second-order valence-corrected chi connectivity index (χ2v) is 7.10. The zero-order chi connectivity index (χ0) is 15.3. The molecule has 0 spiro atoms. The fourth-order valence-electron chi connectivity index (χ4n) is 2.38. The summed E-state index contributed by atoms with van der Waals surface area (Å²) < 4.78 is 32.7. The molecule has 21 heavy (non-hydrogen) atoms. The van der Waals surface area contributed by atoms with Crippen molar-refractivity contribution >= 4 is 10.0 Å². The minimum Gasteiger partial charge on any atom is -0.388 e.